The molecule has 1 amide bonds. The minimum Gasteiger partial charge on any atom is -0.396 e. The van der Waals surface area contributed by atoms with E-state index in [0.29, 0.717) is 5.69 Å². The predicted molar refractivity (Wildman–Crippen MR) is 79.5 cm³/mol. The molecule has 0 atom stereocenters. The maximum Gasteiger partial charge on any atom is 0.258 e. The standard InChI is InChI=1S/C15H15F2N3O/c1-20(2)13-6-4-3-5-12(13)19-15(21)10-7-9(16)8-11(18)14(10)17/h3-8H,18H2,1-2H3,(H,19,21). The lowest BCUT2D eigenvalue weighted by atomic mass is 10.1. The molecule has 0 bridgehead atoms. The van der Waals surface area contributed by atoms with Crippen LogP contribution in [0.3, 0.4) is 0 Å². The highest BCUT2D eigenvalue weighted by Gasteiger charge is 2.17. The topological polar surface area (TPSA) is 58.4 Å². The third-order valence-corrected chi connectivity index (χ3v) is 2.94. The van der Waals surface area contributed by atoms with Crippen molar-refractivity contribution in [1.29, 1.82) is 0 Å². The van der Waals surface area contributed by atoms with E-state index in [9.17, 15) is 13.6 Å². The Balaban J connectivity index is 2.35. The molecular formula is C15H15F2N3O. The molecule has 3 N–H and O–H groups in total. The van der Waals surface area contributed by atoms with Gasteiger partial charge in [-0.15, -0.1) is 0 Å². The maximum absolute atomic E-state index is 13.8. The number of para-hydroxylation sites is 2. The van der Waals surface area contributed by atoms with Gasteiger partial charge in [-0.25, -0.2) is 8.78 Å². The molecule has 110 valence electrons. The van der Waals surface area contributed by atoms with Crippen LogP contribution in [-0.4, -0.2) is 20.0 Å². The van der Waals surface area contributed by atoms with Crippen molar-refractivity contribution in [3.8, 4) is 0 Å². The van der Waals surface area contributed by atoms with Crippen molar-refractivity contribution >= 4 is 23.0 Å². The molecule has 2 rings (SSSR count). The molecule has 0 saturated carbocycles. The first-order valence-electron chi connectivity index (χ1n) is 6.22. The molecular weight excluding hydrogens is 276 g/mol. The van der Waals surface area contributed by atoms with Crippen LogP contribution in [0.2, 0.25) is 0 Å². The molecule has 0 aliphatic carbocycles. The van der Waals surface area contributed by atoms with Crippen LogP contribution in [-0.2, 0) is 0 Å². The van der Waals surface area contributed by atoms with E-state index in [2.05, 4.69) is 5.32 Å². The molecule has 21 heavy (non-hydrogen) atoms. The van der Waals surface area contributed by atoms with Gasteiger partial charge in [0.1, 0.15) is 5.82 Å². The maximum atomic E-state index is 13.8. The Bertz CT molecular complexity index is 687. The van der Waals surface area contributed by atoms with Gasteiger partial charge in [0.05, 0.1) is 22.6 Å². The molecule has 0 saturated heterocycles. The molecule has 0 heterocycles. The number of nitrogens with zero attached hydrogens (tertiary/aromatic N) is 1. The molecule has 0 spiro atoms. The first kappa shape index (κ1) is 14.8. The van der Waals surface area contributed by atoms with Crippen molar-refractivity contribution < 1.29 is 13.6 Å². The SMILES string of the molecule is CN(C)c1ccccc1NC(=O)c1cc(F)cc(N)c1F. The molecule has 4 nitrogen and oxygen atoms in total. The van der Waals surface area contributed by atoms with E-state index < -0.39 is 28.8 Å². The van der Waals surface area contributed by atoms with Crippen LogP contribution in [0, 0.1) is 11.6 Å². The fourth-order valence-electron chi connectivity index (χ4n) is 1.93. The van der Waals surface area contributed by atoms with Gasteiger partial charge >= 0.3 is 0 Å². The lowest BCUT2D eigenvalue weighted by molar-refractivity contribution is 0.102. The third kappa shape index (κ3) is 3.10. The molecule has 0 aromatic heterocycles. The molecule has 0 radical (unpaired) electrons. The van der Waals surface area contributed by atoms with Crippen molar-refractivity contribution in [1.82, 2.24) is 0 Å². The average molecular weight is 291 g/mol. The van der Waals surface area contributed by atoms with Gasteiger partial charge in [0, 0.05) is 14.1 Å². The summed E-state index contributed by atoms with van der Waals surface area (Å²) in [5, 5.41) is 2.56. The number of hydrogen-bond donors (Lipinski definition) is 2. The van der Waals surface area contributed by atoms with Crippen LogP contribution in [0.1, 0.15) is 10.4 Å². The highest BCUT2D eigenvalue weighted by Crippen LogP contribution is 2.25. The van der Waals surface area contributed by atoms with E-state index in [1.807, 2.05) is 20.2 Å². The second-order valence-electron chi connectivity index (χ2n) is 4.72. The Hall–Kier alpha value is -2.63. The van der Waals surface area contributed by atoms with E-state index in [0.717, 1.165) is 17.8 Å². The zero-order valence-corrected chi connectivity index (χ0v) is 11.7. The fraction of sp³-hybridized carbons (Fsp3) is 0.133. The van der Waals surface area contributed by atoms with Crippen LogP contribution < -0.4 is 16.0 Å². The highest BCUT2D eigenvalue weighted by atomic mass is 19.1. The van der Waals surface area contributed by atoms with E-state index in [4.69, 9.17) is 5.73 Å². The number of benzene rings is 2. The van der Waals surface area contributed by atoms with Crippen LogP contribution in [0.25, 0.3) is 0 Å². The van der Waals surface area contributed by atoms with Gasteiger partial charge in [-0.3, -0.25) is 4.79 Å². The van der Waals surface area contributed by atoms with E-state index in [-0.39, 0.29) is 0 Å². The zero-order chi connectivity index (χ0) is 15.6. The normalized spacial score (nSPS) is 10.3. The Labute approximate surface area is 121 Å². The van der Waals surface area contributed by atoms with E-state index in [1.54, 1.807) is 23.1 Å². The van der Waals surface area contributed by atoms with Gasteiger partial charge in [-0.2, -0.15) is 0 Å². The number of nitrogens with two attached hydrogens (primary N) is 1. The fourth-order valence-corrected chi connectivity index (χ4v) is 1.93. The molecule has 6 heteroatoms. The first-order valence-corrected chi connectivity index (χ1v) is 6.22. The van der Waals surface area contributed by atoms with Crippen molar-refractivity contribution in [2.75, 3.05) is 30.0 Å². The summed E-state index contributed by atoms with van der Waals surface area (Å²) in [4.78, 5) is 13.9. The number of halogens is 2. The molecule has 0 aliphatic rings. The minimum atomic E-state index is -0.934. The second-order valence-corrected chi connectivity index (χ2v) is 4.72. The number of carbonyl (C=O) groups is 1. The second kappa shape index (κ2) is 5.78. The number of hydrogen-bond acceptors (Lipinski definition) is 3. The Morgan fingerprint density at radius 1 is 1.19 bits per heavy atom. The smallest absolute Gasteiger partial charge is 0.258 e. The summed E-state index contributed by atoms with van der Waals surface area (Å²) in [6.07, 6.45) is 0. The number of nitrogen functional groups attached to an aromatic ring is 1. The summed E-state index contributed by atoms with van der Waals surface area (Å²) in [6, 6.07) is 8.67. The monoisotopic (exact) mass is 291 g/mol. The van der Waals surface area contributed by atoms with Crippen LogP contribution in [0.4, 0.5) is 25.8 Å². The summed E-state index contributed by atoms with van der Waals surface area (Å²) in [5.74, 6) is -2.45. The van der Waals surface area contributed by atoms with Crippen LogP contribution >= 0.6 is 0 Å². The van der Waals surface area contributed by atoms with Crippen molar-refractivity contribution in [2.24, 2.45) is 0 Å². The number of rotatable bonds is 3. The molecule has 0 unspecified atom stereocenters. The van der Waals surface area contributed by atoms with Gasteiger partial charge < -0.3 is 16.0 Å². The lowest BCUT2D eigenvalue weighted by Crippen LogP contribution is -2.18. The van der Waals surface area contributed by atoms with Gasteiger partial charge in [0.15, 0.2) is 5.82 Å². The summed E-state index contributed by atoms with van der Waals surface area (Å²) in [5.41, 5.74) is 5.74. The van der Waals surface area contributed by atoms with Gasteiger partial charge in [0.25, 0.3) is 5.91 Å². The molecule has 2 aromatic carbocycles. The number of amides is 1. The summed E-state index contributed by atoms with van der Waals surface area (Å²) in [6.45, 7) is 0. The van der Waals surface area contributed by atoms with Crippen molar-refractivity contribution in [2.45, 2.75) is 0 Å². The minimum absolute atomic E-state index is 0.402. The number of nitrogens with one attached hydrogen (secondary N) is 1. The van der Waals surface area contributed by atoms with Crippen molar-refractivity contribution in [3.63, 3.8) is 0 Å². The Morgan fingerprint density at radius 3 is 2.52 bits per heavy atom. The third-order valence-electron chi connectivity index (χ3n) is 2.94. The predicted octanol–water partition coefficient (Wildman–Crippen LogP) is 2.87. The van der Waals surface area contributed by atoms with Gasteiger partial charge in [0.2, 0.25) is 0 Å². The van der Waals surface area contributed by atoms with E-state index in [1.165, 1.54) is 0 Å². The molecule has 0 fully saturated rings. The van der Waals surface area contributed by atoms with Gasteiger partial charge in [-0.1, -0.05) is 12.1 Å². The molecule has 2 aromatic rings. The lowest BCUT2D eigenvalue weighted by Gasteiger charge is -2.18. The first-order chi connectivity index (χ1) is 9.90. The van der Waals surface area contributed by atoms with E-state index >= 15 is 0 Å². The zero-order valence-electron chi connectivity index (χ0n) is 11.7. The summed E-state index contributed by atoms with van der Waals surface area (Å²) < 4.78 is 27.1. The van der Waals surface area contributed by atoms with Crippen LogP contribution in [0.5, 0.6) is 0 Å². The Kier molecular flexibility index (Phi) is 4.07. The van der Waals surface area contributed by atoms with Gasteiger partial charge in [-0.05, 0) is 24.3 Å². The number of carbonyl (C=O) groups excluding carboxylic acids is 1. The summed E-state index contributed by atoms with van der Waals surface area (Å²) in [7, 11) is 3.62. The highest BCUT2D eigenvalue weighted by molar-refractivity contribution is 6.06. The van der Waals surface area contributed by atoms with Crippen molar-refractivity contribution in [3.05, 3.63) is 53.6 Å². The summed E-state index contributed by atoms with van der Waals surface area (Å²) >= 11 is 0. The largest absolute Gasteiger partial charge is 0.396 e. The number of anilines is 3. The average Bonchev–Trinajstić information content (AvgIpc) is 2.43. The molecule has 0 aliphatic heterocycles. The Morgan fingerprint density at radius 2 is 1.86 bits per heavy atom. The van der Waals surface area contributed by atoms with Crippen LogP contribution in [0.15, 0.2) is 36.4 Å². The quantitative estimate of drug-likeness (QED) is 0.855.